The van der Waals surface area contributed by atoms with Crippen molar-refractivity contribution in [1.82, 2.24) is 4.98 Å². The third-order valence-electron chi connectivity index (χ3n) is 3.91. The van der Waals surface area contributed by atoms with Crippen molar-refractivity contribution in [2.75, 3.05) is 11.4 Å². The Kier molecular flexibility index (Phi) is 3.65. The largest absolute Gasteiger partial charge is 0.364 e. The summed E-state index contributed by atoms with van der Waals surface area (Å²) < 4.78 is 13.9. The molecular formula is C16H18FN3. The second-order valence-corrected chi connectivity index (χ2v) is 5.12. The Hall–Kier alpha value is -1.94. The molecule has 104 valence electrons. The molecule has 2 aromatic rings. The van der Waals surface area contributed by atoms with Gasteiger partial charge in [-0.2, -0.15) is 0 Å². The number of nitrogens with two attached hydrogens (primary N) is 1. The van der Waals surface area contributed by atoms with E-state index in [0.717, 1.165) is 25.1 Å². The van der Waals surface area contributed by atoms with Crippen LogP contribution in [0.1, 0.15) is 30.0 Å². The Morgan fingerprint density at radius 2 is 2.25 bits per heavy atom. The van der Waals surface area contributed by atoms with Crippen LogP contribution in [-0.2, 0) is 6.54 Å². The topological polar surface area (TPSA) is 42.1 Å². The normalized spacial score (nSPS) is 18.5. The van der Waals surface area contributed by atoms with Crippen molar-refractivity contribution in [2.45, 2.75) is 25.4 Å². The lowest BCUT2D eigenvalue weighted by atomic mass is 10.1. The number of pyridine rings is 1. The van der Waals surface area contributed by atoms with Crippen LogP contribution in [0.15, 0.2) is 42.7 Å². The van der Waals surface area contributed by atoms with Gasteiger partial charge < -0.3 is 10.6 Å². The minimum Gasteiger partial charge on any atom is -0.364 e. The first kappa shape index (κ1) is 13.1. The number of anilines is 1. The molecule has 1 fully saturated rings. The zero-order valence-electron chi connectivity index (χ0n) is 11.3. The van der Waals surface area contributed by atoms with Gasteiger partial charge >= 0.3 is 0 Å². The summed E-state index contributed by atoms with van der Waals surface area (Å²) in [4.78, 5) is 6.44. The first-order chi connectivity index (χ1) is 9.79. The highest BCUT2D eigenvalue weighted by Gasteiger charge is 2.26. The van der Waals surface area contributed by atoms with Crippen LogP contribution in [0.3, 0.4) is 0 Å². The summed E-state index contributed by atoms with van der Waals surface area (Å²) >= 11 is 0. The maximum Gasteiger partial charge on any atom is 0.129 e. The van der Waals surface area contributed by atoms with Gasteiger partial charge in [-0.3, -0.25) is 4.98 Å². The lowest BCUT2D eigenvalue weighted by Gasteiger charge is -2.27. The van der Waals surface area contributed by atoms with Crippen molar-refractivity contribution in [2.24, 2.45) is 5.73 Å². The molecule has 3 nitrogen and oxygen atoms in total. The molecule has 1 aromatic carbocycles. The fourth-order valence-corrected chi connectivity index (χ4v) is 2.88. The highest BCUT2D eigenvalue weighted by Crippen LogP contribution is 2.36. The molecular weight excluding hydrogens is 253 g/mol. The monoisotopic (exact) mass is 271 g/mol. The summed E-state index contributed by atoms with van der Waals surface area (Å²) in [7, 11) is 0. The van der Waals surface area contributed by atoms with Crippen LogP contribution >= 0.6 is 0 Å². The van der Waals surface area contributed by atoms with Crippen LogP contribution in [0.25, 0.3) is 0 Å². The summed E-state index contributed by atoms with van der Waals surface area (Å²) in [5.41, 5.74) is 8.18. The average molecular weight is 271 g/mol. The van der Waals surface area contributed by atoms with E-state index in [9.17, 15) is 4.39 Å². The maximum absolute atomic E-state index is 13.9. The molecule has 3 rings (SSSR count). The van der Waals surface area contributed by atoms with E-state index in [-0.39, 0.29) is 18.4 Å². The second-order valence-electron chi connectivity index (χ2n) is 5.12. The summed E-state index contributed by atoms with van der Waals surface area (Å²) in [6, 6.07) is 9.65. The van der Waals surface area contributed by atoms with Crippen molar-refractivity contribution < 1.29 is 4.39 Å². The van der Waals surface area contributed by atoms with E-state index in [1.165, 1.54) is 5.56 Å². The molecule has 1 aromatic heterocycles. The Morgan fingerprint density at radius 1 is 1.35 bits per heavy atom. The van der Waals surface area contributed by atoms with Crippen LogP contribution < -0.4 is 10.6 Å². The molecule has 0 spiro atoms. The number of halogens is 1. The molecule has 4 heteroatoms. The van der Waals surface area contributed by atoms with Gasteiger partial charge in [0.05, 0.1) is 6.04 Å². The van der Waals surface area contributed by atoms with E-state index in [0.29, 0.717) is 5.56 Å². The smallest absolute Gasteiger partial charge is 0.129 e. The number of nitrogens with zero attached hydrogens (tertiary/aromatic N) is 2. The first-order valence-electron chi connectivity index (χ1n) is 6.94. The predicted octanol–water partition coefficient (Wildman–Crippen LogP) is 3.02. The van der Waals surface area contributed by atoms with E-state index >= 15 is 0 Å². The third kappa shape index (κ3) is 2.39. The minimum atomic E-state index is -0.221. The van der Waals surface area contributed by atoms with E-state index < -0.39 is 0 Å². The highest BCUT2D eigenvalue weighted by atomic mass is 19.1. The van der Waals surface area contributed by atoms with Gasteiger partial charge in [0, 0.05) is 36.7 Å². The number of aromatic nitrogens is 1. The van der Waals surface area contributed by atoms with Gasteiger partial charge in [-0.15, -0.1) is 0 Å². The lowest BCUT2D eigenvalue weighted by Crippen LogP contribution is -2.22. The maximum atomic E-state index is 13.9. The standard InChI is InChI=1S/C16H18FN3/c17-15-9-14(6-5-12(15)10-18)20-8-2-4-16(20)13-3-1-7-19-11-13/h1,3,5-7,9,11,16H,2,4,8,10,18H2. The summed E-state index contributed by atoms with van der Waals surface area (Å²) in [6.07, 6.45) is 5.86. The number of rotatable bonds is 3. The molecule has 0 radical (unpaired) electrons. The van der Waals surface area contributed by atoms with Gasteiger partial charge in [0.25, 0.3) is 0 Å². The summed E-state index contributed by atoms with van der Waals surface area (Å²) in [5.74, 6) is -0.221. The van der Waals surface area contributed by atoms with Crippen LogP contribution in [0, 0.1) is 5.82 Å². The molecule has 1 atom stereocenters. The SMILES string of the molecule is NCc1ccc(N2CCCC2c2cccnc2)cc1F. The van der Waals surface area contributed by atoms with Gasteiger partial charge in [0.15, 0.2) is 0 Å². The summed E-state index contributed by atoms with van der Waals surface area (Å²) in [6.45, 7) is 1.18. The molecule has 1 unspecified atom stereocenters. The van der Waals surface area contributed by atoms with Crippen LogP contribution in [-0.4, -0.2) is 11.5 Å². The lowest BCUT2D eigenvalue weighted by molar-refractivity contribution is 0.608. The zero-order valence-corrected chi connectivity index (χ0v) is 11.3. The van der Waals surface area contributed by atoms with Crippen LogP contribution in [0.5, 0.6) is 0 Å². The first-order valence-corrected chi connectivity index (χ1v) is 6.94. The van der Waals surface area contributed by atoms with Crippen LogP contribution in [0.4, 0.5) is 10.1 Å². The second kappa shape index (κ2) is 5.59. The van der Waals surface area contributed by atoms with Gasteiger partial charge in [0.2, 0.25) is 0 Å². The quantitative estimate of drug-likeness (QED) is 0.933. The van der Waals surface area contributed by atoms with Crippen molar-refractivity contribution in [3.05, 3.63) is 59.7 Å². The molecule has 1 aliphatic heterocycles. The minimum absolute atomic E-state index is 0.221. The zero-order chi connectivity index (χ0) is 13.9. The van der Waals surface area contributed by atoms with E-state index in [1.54, 1.807) is 18.3 Å². The molecule has 2 heterocycles. The Labute approximate surface area is 118 Å². The van der Waals surface area contributed by atoms with E-state index in [1.807, 2.05) is 18.3 Å². The van der Waals surface area contributed by atoms with Crippen molar-refractivity contribution in [3.63, 3.8) is 0 Å². The van der Waals surface area contributed by atoms with Crippen molar-refractivity contribution >= 4 is 5.69 Å². The number of hydrogen-bond acceptors (Lipinski definition) is 3. The molecule has 20 heavy (non-hydrogen) atoms. The third-order valence-corrected chi connectivity index (χ3v) is 3.91. The molecule has 0 aliphatic carbocycles. The Morgan fingerprint density at radius 3 is 2.95 bits per heavy atom. The number of hydrogen-bond donors (Lipinski definition) is 1. The molecule has 0 amide bonds. The molecule has 1 aliphatic rings. The fraction of sp³-hybridized carbons (Fsp3) is 0.312. The molecule has 1 saturated heterocycles. The van der Waals surface area contributed by atoms with Crippen molar-refractivity contribution in [3.8, 4) is 0 Å². The van der Waals surface area contributed by atoms with E-state index in [4.69, 9.17) is 5.73 Å². The fourth-order valence-electron chi connectivity index (χ4n) is 2.88. The highest BCUT2D eigenvalue weighted by molar-refractivity contribution is 5.51. The van der Waals surface area contributed by atoms with Crippen molar-refractivity contribution in [1.29, 1.82) is 0 Å². The molecule has 0 bridgehead atoms. The van der Waals surface area contributed by atoms with E-state index in [2.05, 4.69) is 16.0 Å². The summed E-state index contributed by atoms with van der Waals surface area (Å²) in [5, 5.41) is 0. The average Bonchev–Trinajstić information content (AvgIpc) is 2.97. The van der Waals surface area contributed by atoms with Gasteiger partial charge in [-0.25, -0.2) is 4.39 Å². The van der Waals surface area contributed by atoms with Gasteiger partial charge in [-0.1, -0.05) is 12.1 Å². The van der Waals surface area contributed by atoms with Gasteiger partial charge in [-0.05, 0) is 36.6 Å². The predicted molar refractivity (Wildman–Crippen MR) is 77.8 cm³/mol. The Bertz CT molecular complexity index is 586. The molecule has 2 N–H and O–H groups in total. The number of benzene rings is 1. The van der Waals surface area contributed by atoms with Crippen LogP contribution in [0.2, 0.25) is 0 Å². The molecule has 0 saturated carbocycles. The Balaban J connectivity index is 1.91. The van der Waals surface area contributed by atoms with Gasteiger partial charge in [0.1, 0.15) is 5.82 Å².